The smallest absolute Gasteiger partial charge is 0.253 e. The van der Waals surface area contributed by atoms with E-state index >= 15 is 0 Å². The molecule has 9 nitrogen and oxygen atoms in total. The summed E-state index contributed by atoms with van der Waals surface area (Å²) in [7, 11) is 0.933. The topological polar surface area (TPSA) is 113 Å². The highest BCUT2D eigenvalue weighted by atomic mass is 32.2. The fraction of sp³-hybridized carbons (Fsp3) is 0.318. The summed E-state index contributed by atoms with van der Waals surface area (Å²) in [6, 6.07) is 11.7. The molecule has 10 heteroatoms. The van der Waals surface area contributed by atoms with Crippen LogP contribution in [0.25, 0.3) is 11.0 Å². The van der Waals surface area contributed by atoms with E-state index in [2.05, 4.69) is 15.6 Å². The van der Waals surface area contributed by atoms with Crippen LogP contribution in [-0.2, 0) is 27.8 Å². The van der Waals surface area contributed by atoms with E-state index in [9.17, 15) is 18.0 Å². The Balaban J connectivity index is 1.81. The summed E-state index contributed by atoms with van der Waals surface area (Å²) in [5, 5.41) is 5.34. The van der Waals surface area contributed by atoms with Crippen LogP contribution in [0.4, 0.5) is 5.69 Å². The monoisotopic (exact) mass is 457 g/mol. The second-order valence-corrected chi connectivity index (χ2v) is 9.53. The number of sulfonamides is 1. The first-order chi connectivity index (χ1) is 15.2. The van der Waals surface area contributed by atoms with Gasteiger partial charge in [-0.15, -0.1) is 0 Å². The zero-order valence-corrected chi connectivity index (χ0v) is 19.4. The summed E-state index contributed by atoms with van der Waals surface area (Å²) in [6.45, 7) is 2.60. The number of imidazole rings is 1. The maximum atomic E-state index is 12.6. The van der Waals surface area contributed by atoms with Gasteiger partial charge in [0.15, 0.2) is 0 Å². The molecule has 32 heavy (non-hydrogen) atoms. The molecule has 1 heterocycles. The normalized spacial score (nSPS) is 11.7. The minimum atomic E-state index is -3.57. The lowest BCUT2D eigenvalue weighted by atomic mass is 10.1. The molecule has 0 radical (unpaired) electrons. The number of aromatic nitrogens is 2. The summed E-state index contributed by atoms with van der Waals surface area (Å²) < 4.78 is 28.0. The molecule has 0 saturated heterocycles. The lowest BCUT2D eigenvalue weighted by Crippen LogP contribution is -2.22. The lowest BCUT2D eigenvalue weighted by Gasteiger charge is -2.11. The van der Waals surface area contributed by atoms with Crippen LogP contribution >= 0.6 is 0 Å². The molecule has 0 bridgehead atoms. The van der Waals surface area contributed by atoms with Crippen LogP contribution in [0, 0.1) is 0 Å². The molecule has 0 saturated carbocycles. The second kappa shape index (κ2) is 9.49. The number of nitrogens with one attached hydrogen (secondary N) is 2. The highest BCUT2D eigenvalue weighted by Gasteiger charge is 2.20. The van der Waals surface area contributed by atoms with Gasteiger partial charge in [-0.05, 0) is 37.3 Å². The third-order valence-electron chi connectivity index (χ3n) is 5.14. The number of para-hydroxylation sites is 1. The fourth-order valence-electron chi connectivity index (χ4n) is 3.44. The van der Waals surface area contributed by atoms with E-state index in [1.54, 1.807) is 42.5 Å². The van der Waals surface area contributed by atoms with Crippen molar-refractivity contribution in [2.45, 2.75) is 31.2 Å². The Kier molecular flexibility index (Phi) is 6.95. The molecule has 2 aromatic carbocycles. The molecule has 0 fully saturated rings. The molecule has 1 aromatic heterocycles. The van der Waals surface area contributed by atoms with E-state index < -0.39 is 10.0 Å². The van der Waals surface area contributed by atoms with Crippen molar-refractivity contribution in [2.24, 2.45) is 0 Å². The van der Waals surface area contributed by atoms with Gasteiger partial charge in [0, 0.05) is 40.5 Å². The van der Waals surface area contributed by atoms with Gasteiger partial charge >= 0.3 is 0 Å². The predicted octanol–water partition coefficient (Wildman–Crippen LogP) is 2.24. The molecule has 2 amide bonds. The number of benzene rings is 2. The molecule has 0 aliphatic heterocycles. The number of amides is 2. The maximum absolute atomic E-state index is 12.6. The minimum Gasteiger partial charge on any atom is -0.355 e. The highest BCUT2D eigenvalue weighted by Crippen LogP contribution is 2.23. The largest absolute Gasteiger partial charge is 0.355 e. The van der Waals surface area contributed by atoms with Gasteiger partial charge in [-0.3, -0.25) is 9.59 Å². The van der Waals surface area contributed by atoms with E-state index in [4.69, 9.17) is 0 Å². The van der Waals surface area contributed by atoms with Crippen LogP contribution in [0.15, 0.2) is 47.4 Å². The van der Waals surface area contributed by atoms with Crippen molar-refractivity contribution in [1.82, 2.24) is 19.2 Å². The standard InChI is InChI=1S/C22H27N5O4S/c1-5-27-19-11-10-15(32(30,31)26(3)4)14-18(19)24-20(27)12-13-21(28)25-17-9-7-6-8-16(17)22(29)23-2/h6-11,14H,5,12-13H2,1-4H3,(H,23,29)(H,25,28). The van der Waals surface area contributed by atoms with Gasteiger partial charge in [0.2, 0.25) is 15.9 Å². The highest BCUT2D eigenvalue weighted by molar-refractivity contribution is 7.89. The van der Waals surface area contributed by atoms with Crippen molar-refractivity contribution in [3.63, 3.8) is 0 Å². The van der Waals surface area contributed by atoms with E-state index in [1.165, 1.54) is 21.1 Å². The van der Waals surface area contributed by atoms with Crippen molar-refractivity contribution in [2.75, 3.05) is 26.5 Å². The summed E-state index contributed by atoms with van der Waals surface area (Å²) in [5.41, 5.74) is 2.21. The summed E-state index contributed by atoms with van der Waals surface area (Å²) in [4.78, 5) is 29.3. The van der Waals surface area contributed by atoms with Gasteiger partial charge in [0.25, 0.3) is 5.91 Å². The molecule has 2 N–H and O–H groups in total. The van der Waals surface area contributed by atoms with Gasteiger partial charge in [-0.2, -0.15) is 0 Å². The Morgan fingerprint density at radius 1 is 1.12 bits per heavy atom. The third-order valence-corrected chi connectivity index (χ3v) is 6.95. The molecule has 170 valence electrons. The molecule has 3 aromatic rings. The lowest BCUT2D eigenvalue weighted by molar-refractivity contribution is -0.116. The number of fused-ring (bicyclic) bond motifs is 1. The number of carbonyl (C=O) groups is 2. The van der Waals surface area contributed by atoms with Crippen molar-refractivity contribution in [3.05, 3.63) is 53.9 Å². The molecular formula is C22H27N5O4S. The second-order valence-electron chi connectivity index (χ2n) is 7.38. The van der Waals surface area contributed by atoms with Gasteiger partial charge < -0.3 is 15.2 Å². The van der Waals surface area contributed by atoms with Crippen LogP contribution in [0.5, 0.6) is 0 Å². The number of hydrogen-bond donors (Lipinski definition) is 2. The summed E-state index contributed by atoms with van der Waals surface area (Å²) in [5.74, 6) is 0.167. The summed E-state index contributed by atoms with van der Waals surface area (Å²) >= 11 is 0. The van der Waals surface area contributed by atoms with Crippen molar-refractivity contribution in [1.29, 1.82) is 0 Å². The van der Waals surface area contributed by atoms with Crippen LogP contribution in [-0.4, -0.2) is 55.2 Å². The van der Waals surface area contributed by atoms with Gasteiger partial charge in [-0.25, -0.2) is 17.7 Å². The van der Waals surface area contributed by atoms with Gasteiger partial charge in [0.1, 0.15) is 5.82 Å². The van der Waals surface area contributed by atoms with Crippen molar-refractivity contribution < 1.29 is 18.0 Å². The van der Waals surface area contributed by atoms with Crippen molar-refractivity contribution >= 4 is 38.6 Å². The van der Waals surface area contributed by atoms with Crippen molar-refractivity contribution in [3.8, 4) is 0 Å². The Hall–Kier alpha value is -3.24. The number of nitrogens with zero attached hydrogens (tertiary/aromatic N) is 3. The predicted molar refractivity (Wildman–Crippen MR) is 123 cm³/mol. The molecule has 0 atom stereocenters. The average molecular weight is 458 g/mol. The maximum Gasteiger partial charge on any atom is 0.253 e. The van der Waals surface area contributed by atoms with Crippen LogP contribution in [0.2, 0.25) is 0 Å². The number of rotatable bonds is 8. The summed E-state index contributed by atoms with van der Waals surface area (Å²) in [6.07, 6.45) is 0.528. The van der Waals surface area contributed by atoms with E-state index in [0.717, 1.165) is 9.82 Å². The molecule has 0 unspecified atom stereocenters. The van der Waals surface area contributed by atoms with E-state index in [1.807, 2.05) is 11.5 Å². The first kappa shape index (κ1) is 23.4. The fourth-order valence-corrected chi connectivity index (χ4v) is 4.36. The Morgan fingerprint density at radius 2 is 1.84 bits per heavy atom. The van der Waals surface area contributed by atoms with Crippen LogP contribution in [0.1, 0.15) is 29.5 Å². The quantitative estimate of drug-likeness (QED) is 0.539. The van der Waals surface area contributed by atoms with E-state index in [0.29, 0.717) is 35.6 Å². The Labute approximate surface area is 187 Å². The first-order valence-corrected chi connectivity index (χ1v) is 11.7. The zero-order valence-electron chi connectivity index (χ0n) is 18.5. The van der Waals surface area contributed by atoms with Gasteiger partial charge in [-0.1, -0.05) is 12.1 Å². The number of aryl methyl sites for hydroxylation is 2. The number of hydrogen-bond acceptors (Lipinski definition) is 5. The minimum absolute atomic E-state index is 0.161. The zero-order chi connectivity index (χ0) is 23.5. The van der Waals surface area contributed by atoms with Crippen LogP contribution < -0.4 is 10.6 Å². The first-order valence-electron chi connectivity index (χ1n) is 10.2. The molecular weight excluding hydrogens is 430 g/mol. The number of anilines is 1. The van der Waals surface area contributed by atoms with Gasteiger partial charge in [0.05, 0.1) is 27.2 Å². The third kappa shape index (κ3) is 4.66. The molecule has 0 aliphatic carbocycles. The Bertz CT molecular complexity index is 1260. The SMILES string of the molecule is CCn1c(CCC(=O)Nc2ccccc2C(=O)NC)nc2cc(S(=O)(=O)N(C)C)ccc21. The average Bonchev–Trinajstić information content (AvgIpc) is 3.14. The van der Waals surface area contributed by atoms with Crippen LogP contribution in [0.3, 0.4) is 0 Å². The Morgan fingerprint density at radius 3 is 2.50 bits per heavy atom. The molecule has 0 spiro atoms. The molecule has 0 aliphatic rings. The number of carbonyl (C=O) groups excluding carboxylic acids is 2. The van der Waals surface area contributed by atoms with E-state index in [-0.39, 0.29) is 23.1 Å². The molecule has 3 rings (SSSR count).